The monoisotopic (exact) mass is 350 g/mol. The summed E-state index contributed by atoms with van der Waals surface area (Å²) in [5.41, 5.74) is 3.60. The molecule has 0 aliphatic heterocycles. The topological polar surface area (TPSA) is 65.8 Å². The van der Waals surface area contributed by atoms with E-state index in [4.69, 9.17) is 10.4 Å². The van der Waals surface area contributed by atoms with Crippen molar-refractivity contribution < 1.29 is 15.3 Å². The van der Waals surface area contributed by atoms with Crippen molar-refractivity contribution in [2.75, 3.05) is 6.61 Å². The first-order valence-corrected chi connectivity index (χ1v) is 9.04. The molecule has 0 saturated heterocycles. The van der Waals surface area contributed by atoms with E-state index in [1.807, 2.05) is 6.92 Å². The molecule has 0 fully saturated rings. The maximum atomic E-state index is 8.57. The fourth-order valence-electron chi connectivity index (χ4n) is 2.64. The lowest BCUT2D eigenvalue weighted by molar-refractivity contribution is -0.492. The maximum Gasteiger partial charge on any atom is 0.100 e. The van der Waals surface area contributed by atoms with Crippen molar-refractivity contribution >= 4 is 11.3 Å². The highest BCUT2D eigenvalue weighted by Gasteiger charge is 2.16. The minimum absolute atomic E-state index is 0.202. The minimum atomic E-state index is -0.251. The predicted molar refractivity (Wildman–Crippen MR) is 94.4 cm³/mol. The normalized spacial score (nSPS) is 13.0. The van der Waals surface area contributed by atoms with Crippen LogP contribution < -0.4 is 0 Å². The van der Waals surface area contributed by atoms with Crippen molar-refractivity contribution in [1.29, 1.82) is 0 Å². The molecule has 2 rings (SSSR count). The Balaban J connectivity index is 2.05. The lowest BCUT2D eigenvalue weighted by atomic mass is 9.97. The van der Waals surface area contributed by atoms with Gasteiger partial charge in [0, 0.05) is 17.2 Å². The van der Waals surface area contributed by atoms with Crippen LogP contribution >= 0.6 is 11.3 Å². The number of aromatic nitrogens is 1. The van der Waals surface area contributed by atoms with Crippen molar-refractivity contribution in [3.8, 4) is 0 Å². The van der Waals surface area contributed by atoms with Crippen molar-refractivity contribution in [3.63, 3.8) is 0 Å². The van der Waals surface area contributed by atoms with Crippen LogP contribution in [0.15, 0.2) is 24.3 Å². The van der Waals surface area contributed by atoms with Crippen molar-refractivity contribution in [2.24, 2.45) is 5.92 Å². The summed E-state index contributed by atoms with van der Waals surface area (Å²) in [6, 6.07) is 8.80. The molecular weight excluding hydrogens is 324 g/mol. The molecule has 0 aliphatic rings. The van der Waals surface area contributed by atoms with E-state index in [1.165, 1.54) is 11.1 Å². The van der Waals surface area contributed by atoms with Gasteiger partial charge in [0.05, 0.1) is 17.7 Å². The molecule has 0 saturated carbocycles. The third-order valence-electron chi connectivity index (χ3n) is 3.94. The van der Waals surface area contributed by atoms with Gasteiger partial charge in [-0.3, -0.25) is 15.3 Å². The number of hydrogen-bond acceptors (Lipinski definition) is 6. The van der Waals surface area contributed by atoms with Crippen LogP contribution in [0.1, 0.15) is 53.4 Å². The molecule has 2 aromatic rings. The second-order valence-corrected chi connectivity index (χ2v) is 7.57. The largest absolute Gasteiger partial charge is 0.266 e. The van der Waals surface area contributed by atoms with Crippen LogP contribution in [0, 0.1) is 12.8 Å². The summed E-state index contributed by atoms with van der Waals surface area (Å²) < 4.78 is 0. The van der Waals surface area contributed by atoms with Gasteiger partial charge in [-0.05, 0) is 30.4 Å². The zero-order chi connectivity index (χ0) is 17.7. The molecule has 0 amide bonds. The Morgan fingerprint density at radius 3 is 2.42 bits per heavy atom. The molecule has 24 heavy (non-hydrogen) atoms. The molecule has 0 radical (unpaired) electrons. The van der Waals surface area contributed by atoms with Gasteiger partial charge >= 0.3 is 0 Å². The summed E-state index contributed by atoms with van der Waals surface area (Å²) in [5, 5.41) is 18.0. The molecule has 0 bridgehead atoms. The number of thiazole rings is 1. The molecule has 1 atom stereocenters. The minimum Gasteiger partial charge on any atom is -0.266 e. The summed E-state index contributed by atoms with van der Waals surface area (Å²) in [6.45, 7) is 8.80. The van der Waals surface area contributed by atoms with Crippen LogP contribution in [-0.2, 0) is 17.7 Å². The van der Waals surface area contributed by atoms with Gasteiger partial charge in [0.1, 0.15) is 5.01 Å². The zero-order valence-electron chi connectivity index (χ0n) is 14.7. The third kappa shape index (κ3) is 5.36. The first-order chi connectivity index (χ1) is 11.4. The SMILES string of the molecule is Cc1nc([C@H](C)c2ccc(CC(C)C)cc2)sc1CCON(O)O. The molecule has 6 heteroatoms. The van der Waals surface area contributed by atoms with Gasteiger partial charge in [0.2, 0.25) is 0 Å². The molecule has 0 unspecified atom stereocenters. The summed E-state index contributed by atoms with van der Waals surface area (Å²) >= 11 is 1.66. The van der Waals surface area contributed by atoms with Crippen LogP contribution in [0.25, 0.3) is 0 Å². The maximum absolute atomic E-state index is 8.57. The van der Waals surface area contributed by atoms with Crippen LogP contribution in [0.3, 0.4) is 0 Å². The van der Waals surface area contributed by atoms with Gasteiger partial charge < -0.3 is 0 Å². The van der Waals surface area contributed by atoms with Gasteiger partial charge in [-0.25, -0.2) is 4.98 Å². The number of hydrogen-bond donors (Lipinski definition) is 2. The van der Waals surface area contributed by atoms with Crippen molar-refractivity contribution in [3.05, 3.63) is 51.0 Å². The predicted octanol–water partition coefficient (Wildman–Crippen LogP) is 4.36. The first kappa shape index (κ1) is 19.0. The van der Waals surface area contributed by atoms with Gasteiger partial charge in [-0.1, -0.05) is 45.0 Å². The van der Waals surface area contributed by atoms with E-state index in [9.17, 15) is 0 Å². The van der Waals surface area contributed by atoms with Gasteiger partial charge in [0.25, 0.3) is 0 Å². The molecule has 1 heterocycles. The van der Waals surface area contributed by atoms with E-state index < -0.39 is 0 Å². The number of benzene rings is 1. The van der Waals surface area contributed by atoms with E-state index in [1.54, 1.807) is 11.3 Å². The Bertz CT molecular complexity index is 638. The van der Waals surface area contributed by atoms with E-state index in [-0.39, 0.29) is 17.9 Å². The molecule has 1 aromatic carbocycles. The molecule has 0 spiro atoms. The zero-order valence-corrected chi connectivity index (χ0v) is 15.5. The quantitative estimate of drug-likeness (QED) is 0.693. The van der Waals surface area contributed by atoms with E-state index >= 15 is 0 Å². The summed E-state index contributed by atoms with van der Waals surface area (Å²) in [4.78, 5) is 10.4. The van der Waals surface area contributed by atoms with Crippen LogP contribution in [0.2, 0.25) is 0 Å². The number of aryl methyl sites for hydroxylation is 1. The number of rotatable bonds is 8. The lowest BCUT2D eigenvalue weighted by Crippen LogP contribution is -2.16. The Morgan fingerprint density at radius 1 is 1.17 bits per heavy atom. The highest BCUT2D eigenvalue weighted by atomic mass is 32.1. The standard InChI is InChI=1S/C18H26N2O3S/c1-12(2)11-15-5-7-16(8-6-15)13(3)18-19-14(4)17(24-18)9-10-23-20(21)22/h5-8,12-13,21-22H,9-11H2,1-4H3/t13-/m1/s1. The molecule has 1 aromatic heterocycles. The lowest BCUT2D eigenvalue weighted by Gasteiger charge is -2.11. The molecule has 5 nitrogen and oxygen atoms in total. The summed E-state index contributed by atoms with van der Waals surface area (Å²) in [6.07, 6.45) is 1.70. The van der Waals surface area contributed by atoms with Crippen LogP contribution in [0.5, 0.6) is 0 Å². The van der Waals surface area contributed by atoms with Crippen molar-refractivity contribution in [2.45, 2.75) is 46.5 Å². The van der Waals surface area contributed by atoms with Gasteiger partial charge in [-0.2, -0.15) is 0 Å². The average molecular weight is 350 g/mol. The van der Waals surface area contributed by atoms with E-state index in [0.717, 1.165) is 22.0 Å². The second kappa shape index (κ2) is 8.69. The molecule has 0 aliphatic carbocycles. The fraction of sp³-hybridized carbons (Fsp3) is 0.500. The van der Waals surface area contributed by atoms with Crippen LogP contribution in [0.4, 0.5) is 0 Å². The highest BCUT2D eigenvalue weighted by Crippen LogP contribution is 2.30. The van der Waals surface area contributed by atoms with Crippen molar-refractivity contribution in [1.82, 2.24) is 10.4 Å². The third-order valence-corrected chi connectivity index (χ3v) is 5.34. The number of nitrogens with zero attached hydrogens (tertiary/aromatic N) is 2. The Kier molecular flexibility index (Phi) is 6.89. The Morgan fingerprint density at radius 2 is 1.83 bits per heavy atom. The fourth-order valence-corrected chi connectivity index (χ4v) is 3.77. The molecule has 2 N–H and O–H groups in total. The molecule has 132 valence electrons. The molecular formula is C18H26N2O3S. The highest BCUT2D eigenvalue weighted by molar-refractivity contribution is 7.11. The van der Waals surface area contributed by atoms with Gasteiger partial charge in [-0.15, -0.1) is 11.3 Å². The van der Waals surface area contributed by atoms with Gasteiger partial charge in [0.15, 0.2) is 0 Å². The Labute approximate surface area is 147 Å². The summed E-state index contributed by atoms with van der Waals surface area (Å²) in [5.74, 6) is 0.900. The van der Waals surface area contributed by atoms with Crippen LogP contribution in [-0.4, -0.2) is 27.4 Å². The van der Waals surface area contributed by atoms with E-state index in [0.29, 0.717) is 12.3 Å². The summed E-state index contributed by atoms with van der Waals surface area (Å²) in [7, 11) is 0. The Hall–Kier alpha value is -1.31. The first-order valence-electron chi connectivity index (χ1n) is 8.22. The smallest absolute Gasteiger partial charge is 0.100 e. The van der Waals surface area contributed by atoms with E-state index in [2.05, 4.69) is 54.9 Å². The second-order valence-electron chi connectivity index (χ2n) is 6.46. The average Bonchev–Trinajstić information content (AvgIpc) is 2.88.